The van der Waals surface area contributed by atoms with Crippen LogP contribution in [0.5, 0.6) is 0 Å². The monoisotopic (exact) mass is 444 g/mol. The highest BCUT2D eigenvalue weighted by molar-refractivity contribution is 9.10. The highest BCUT2D eigenvalue weighted by Crippen LogP contribution is 2.43. The van der Waals surface area contributed by atoms with Crippen molar-refractivity contribution in [3.05, 3.63) is 83.3 Å². The smallest absolute Gasteiger partial charge is 0.0434 e. The highest BCUT2D eigenvalue weighted by atomic mass is 79.9. The van der Waals surface area contributed by atoms with Gasteiger partial charge in [0.1, 0.15) is 0 Å². The van der Waals surface area contributed by atoms with E-state index in [0.717, 1.165) is 4.47 Å². The maximum absolute atomic E-state index is 3.74. The molecule has 0 N–H and O–H groups in total. The van der Waals surface area contributed by atoms with Crippen LogP contribution in [0, 0.1) is 0 Å². The summed E-state index contributed by atoms with van der Waals surface area (Å²) < 4.78 is 6.53. The maximum Gasteiger partial charge on any atom is 0.0434 e. The minimum Gasteiger partial charge on any atom is -0.135 e. The summed E-state index contributed by atoms with van der Waals surface area (Å²) in [5.74, 6) is 0. The molecule has 0 bridgehead atoms. The van der Waals surface area contributed by atoms with Gasteiger partial charge in [-0.05, 0) is 42.0 Å². The summed E-state index contributed by atoms with van der Waals surface area (Å²) in [4.78, 5) is 0. The van der Waals surface area contributed by atoms with E-state index in [9.17, 15) is 0 Å². The molecule has 0 amide bonds. The molecule has 0 saturated heterocycles. The van der Waals surface area contributed by atoms with Crippen molar-refractivity contribution < 1.29 is 0 Å². The molecule has 3 heteroatoms. The Morgan fingerprint density at radius 1 is 0.556 bits per heavy atom. The number of hydrogen-bond donors (Lipinski definition) is 0. The number of benzene rings is 4. The zero-order valence-electron chi connectivity index (χ0n) is 14.2. The second kappa shape index (κ2) is 5.90. The highest BCUT2D eigenvalue weighted by Gasteiger charge is 2.13. The lowest BCUT2D eigenvalue weighted by Gasteiger charge is -2.06. The van der Waals surface area contributed by atoms with Gasteiger partial charge in [-0.15, -0.1) is 22.7 Å². The third-order valence-corrected chi connectivity index (χ3v) is 7.96. The minimum atomic E-state index is 1.13. The first-order valence-electron chi connectivity index (χ1n) is 8.80. The molecule has 0 nitrogen and oxygen atoms in total. The van der Waals surface area contributed by atoms with E-state index in [1.165, 1.54) is 51.5 Å². The second-order valence-electron chi connectivity index (χ2n) is 6.74. The number of fused-ring (bicyclic) bond motifs is 6. The normalized spacial score (nSPS) is 11.9. The van der Waals surface area contributed by atoms with Crippen LogP contribution in [0.4, 0.5) is 0 Å². The van der Waals surface area contributed by atoms with Crippen molar-refractivity contribution in [2.75, 3.05) is 0 Å². The van der Waals surface area contributed by atoms with Gasteiger partial charge in [0.05, 0.1) is 0 Å². The first-order valence-corrected chi connectivity index (χ1v) is 11.2. The first-order chi connectivity index (χ1) is 13.3. The Bertz CT molecular complexity index is 1490. The predicted octanol–water partition coefficient (Wildman–Crippen LogP) is 8.85. The molecule has 27 heavy (non-hydrogen) atoms. The molecule has 2 aromatic heterocycles. The van der Waals surface area contributed by atoms with Crippen LogP contribution >= 0.6 is 38.6 Å². The topological polar surface area (TPSA) is 0 Å². The largest absolute Gasteiger partial charge is 0.135 e. The molecule has 0 aliphatic heterocycles. The van der Waals surface area contributed by atoms with E-state index < -0.39 is 0 Å². The molecule has 0 fully saturated rings. The first kappa shape index (κ1) is 15.8. The van der Waals surface area contributed by atoms with Gasteiger partial charge in [-0.2, -0.15) is 0 Å². The SMILES string of the molecule is Brc1cc(-c2ccc3sc4ccccc4c3c2)c2sc3ccccc3c2c1. The number of halogens is 1. The molecule has 0 atom stereocenters. The van der Waals surface area contributed by atoms with Crippen molar-refractivity contribution in [1.29, 1.82) is 0 Å². The molecule has 0 aliphatic rings. The van der Waals surface area contributed by atoms with E-state index >= 15 is 0 Å². The Kier molecular flexibility index (Phi) is 3.46. The molecule has 6 aromatic rings. The predicted molar refractivity (Wildman–Crippen MR) is 125 cm³/mol. The van der Waals surface area contributed by atoms with Crippen LogP contribution in [-0.4, -0.2) is 0 Å². The second-order valence-corrected chi connectivity index (χ2v) is 9.79. The summed E-state index contributed by atoms with van der Waals surface area (Å²) in [7, 11) is 0. The minimum absolute atomic E-state index is 1.13. The molecule has 0 unspecified atom stereocenters. The van der Waals surface area contributed by atoms with Crippen molar-refractivity contribution >= 4 is 78.9 Å². The fourth-order valence-corrected chi connectivity index (χ4v) is 6.66. The molecular weight excluding hydrogens is 432 g/mol. The molecule has 6 rings (SSSR count). The Morgan fingerprint density at radius 3 is 2.04 bits per heavy atom. The average molecular weight is 445 g/mol. The van der Waals surface area contributed by atoms with E-state index in [4.69, 9.17) is 0 Å². The molecule has 0 spiro atoms. The third-order valence-electron chi connectivity index (χ3n) is 5.13. The zero-order valence-corrected chi connectivity index (χ0v) is 17.4. The van der Waals surface area contributed by atoms with Gasteiger partial charge in [0.25, 0.3) is 0 Å². The van der Waals surface area contributed by atoms with E-state index in [1.807, 2.05) is 22.7 Å². The maximum atomic E-state index is 3.74. The molecule has 0 saturated carbocycles. The van der Waals surface area contributed by atoms with E-state index in [0.29, 0.717) is 0 Å². The number of hydrogen-bond acceptors (Lipinski definition) is 2. The summed E-state index contributed by atoms with van der Waals surface area (Å²) >= 11 is 7.49. The van der Waals surface area contributed by atoms with Crippen molar-refractivity contribution in [1.82, 2.24) is 0 Å². The summed E-state index contributed by atoms with van der Waals surface area (Å²) in [6, 6.07) is 28.8. The number of thiophene rings is 2. The third kappa shape index (κ3) is 2.39. The molecule has 0 radical (unpaired) electrons. The van der Waals surface area contributed by atoms with Crippen LogP contribution in [0.25, 0.3) is 51.5 Å². The van der Waals surface area contributed by atoms with Crippen molar-refractivity contribution in [3.63, 3.8) is 0 Å². The molecule has 128 valence electrons. The number of rotatable bonds is 1. The van der Waals surface area contributed by atoms with Crippen LogP contribution in [-0.2, 0) is 0 Å². The van der Waals surface area contributed by atoms with E-state index in [-0.39, 0.29) is 0 Å². The van der Waals surface area contributed by atoms with Gasteiger partial charge in [0.15, 0.2) is 0 Å². The van der Waals surface area contributed by atoms with Crippen LogP contribution in [0.2, 0.25) is 0 Å². The van der Waals surface area contributed by atoms with Gasteiger partial charge in [-0.25, -0.2) is 0 Å². The van der Waals surface area contributed by atoms with E-state index in [2.05, 4.69) is 94.8 Å². The molecule has 0 aliphatic carbocycles. The fourth-order valence-electron chi connectivity index (χ4n) is 3.90. The van der Waals surface area contributed by atoms with Gasteiger partial charge < -0.3 is 0 Å². The van der Waals surface area contributed by atoms with E-state index in [1.54, 1.807) is 0 Å². The Morgan fingerprint density at radius 2 is 1.22 bits per heavy atom. The van der Waals surface area contributed by atoms with Crippen LogP contribution in [0.1, 0.15) is 0 Å². The lowest BCUT2D eigenvalue weighted by molar-refractivity contribution is 1.71. The van der Waals surface area contributed by atoms with Crippen molar-refractivity contribution in [2.45, 2.75) is 0 Å². The average Bonchev–Trinajstić information content (AvgIpc) is 3.25. The summed E-state index contributed by atoms with van der Waals surface area (Å²) in [6.07, 6.45) is 0. The van der Waals surface area contributed by atoms with Crippen LogP contribution in [0.3, 0.4) is 0 Å². The Labute approximate surface area is 172 Å². The molecular formula is C24H13BrS2. The van der Waals surface area contributed by atoms with Crippen LogP contribution < -0.4 is 0 Å². The fraction of sp³-hybridized carbons (Fsp3) is 0. The van der Waals surface area contributed by atoms with Crippen molar-refractivity contribution in [2.24, 2.45) is 0 Å². The van der Waals surface area contributed by atoms with Crippen molar-refractivity contribution in [3.8, 4) is 11.1 Å². The van der Waals surface area contributed by atoms with Gasteiger partial charge in [-0.1, -0.05) is 58.4 Å². The lowest BCUT2D eigenvalue weighted by atomic mass is 10.0. The lowest BCUT2D eigenvalue weighted by Crippen LogP contribution is -1.79. The quantitative estimate of drug-likeness (QED) is 0.237. The Balaban J connectivity index is 1.70. The van der Waals surface area contributed by atoms with Gasteiger partial charge in [0.2, 0.25) is 0 Å². The molecule has 4 aromatic carbocycles. The van der Waals surface area contributed by atoms with Gasteiger partial charge >= 0.3 is 0 Å². The standard InChI is InChI=1S/C24H13BrS2/c25-15-12-18(24-20(13-15)17-6-2-4-8-22(17)27-24)14-9-10-23-19(11-14)16-5-1-3-7-21(16)26-23/h1-13H. The molecule has 2 heterocycles. The Hall–Kier alpha value is -2.20. The zero-order chi connectivity index (χ0) is 18.0. The summed E-state index contributed by atoms with van der Waals surface area (Å²) in [5, 5.41) is 5.36. The van der Waals surface area contributed by atoms with Gasteiger partial charge in [-0.3, -0.25) is 0 Å². The summed E-state index contributed by atoms with van der Waals surface area (Å²) in [5.41, 5.74) is 2.58. The van der Waals surface area contributed by atoms with Gasteiger partial charge in [0, 0.05) is 50.4 Å². The van der Waals surface area contributed by atoms with Crippen LogP contribution in [0.15, 0.2) is 83.3 Å². The summed E-state index contributed by atoms with van der Waals surface area (Å²) in [6.45, 7) is 0.